The molecule has 2 heterocycles. The number of pyridine rings is 1. The van der Waals surface area contributed by atoms with Crippen LogP contribution in [-0.2, 0) is 0 Å². The van der Waals surface area contributed by atoms with Gasteiger partial charge in [-0.25, -0.2) is 0 Å². The first kappa shape index (κ1) is 13.1. The van der Waals surface area contributed by atoms with E-state index < -0.39 is 0 Å². The summed E-state index contributed by atoms with van der Waals surface area (Å²) < 4.78 is 5.47. The maximum Gasteiger partial charge on any atom is 0.255 e. The Hall–Kier alpha value is -2.34. The zero-order valence-corrected chi connectivity index (χ0v) is 10.8. The number of amides is 1. The van der Waals surface area contributed by atoms with Crippen molar-refractivity contribution in [2.45, 2.75) is 19.9 Å². The molecule has 1 unspecified atom stereocenters. The second-order valence-electron chi connectivity index (χ2n) is 4.21. The molecule has 0 aliphatic carbocycles. The Labute approximate surface area is 111 Å². The molecular formula is C13H16N4O2. The Morgan fingerprint density at radius 1 is 1.42 bits per heavy atom. The molecule has 0 saturated heterocycles. The summed E-state index contributed by atoms with van der Waals surface area (Å²) in [5, 5.41) is 2.83. The van der Waals surface area contributed by atoms with Crippen molar-refractivity contribution < 1.29 is 9.21 Å². The molecule has 4 N–H and O–H groups in total. The summed E-state index contributed by atoms with van der Waals surface area (Å²) in [6, 6.07) is 5.10. The fourth-order valence-electron chi connectivity index (χ4n) is 1.73. The smallest absolute Gasteiger partial charge is 0.255 e. The summed E-state index contributed by atoms with van der Waals surface area (Å²) >= 11 is 0. The van der Waals surface area contributed by atoms with E-state index in [-0.39, 0.29) is 11.9 Å². The number of hydrazine groups is 1. The molecule has 19 heavy (non-hydrogen) atoms. The van der Waals surface area contributed by atoms with Crippen LogP contribution in [0.2, 0.25) is 0 Å². The zero-order chi connectivity index (χ0) is 13.8. The molecule has 0 bridgehead atoms. The molecule has 0 aromatic carbocycles. The SMILES string of the molecule is Cc1ccc(C(C)NC(=O)c2cnccc2NN)o1. The molecule has 0 aliphatic rings. The highest BCUT2D eigenvalue weighted by Gasteiger charge is 2.16. The molecule has 1 atom stereocenters. The normalized spacial score (nSPS) is 11.9. The predicted molar refractivity (Wildman–Crippen MR) is 71.4 cm³/mol. The molecule has 0 saturated carbocycles. The molecule has 100 valence electrons. The lowest BCUT2D eigenvalue weighted by molar-refractivity contribution is 0.0935. The van der Waals surface area contributed by atoms with Gasteiger partial charge in [0.2, 0.25) is 0 Å². The van der Waals surface area contributed by atoms with Gasteiger partial charge >= 0.3 is 0 Å². The van der Waals surface area contributed by atoms with Crippen LogP contribution >= 0.6 is 0 Å². The zero-order valence-electron chi connectivity index (χ0n) is 10.8. The summed E-state index contributed by atoms with van der Waals surface area (Å²) in [4.78, 5) is 16.0. The van der Waals surface area contributed by atoms with E-state index in [2.05, 4.69) is 15.7 Å². The Morgan fingerprint density at radius 3 is 2.84 bits per heavy atom. The molecule has 2 rings (SSSR count). The third-order valence-corrected chi connectivity index (χ3v) is 2.76. The lowest BCUT2D eigenvalue weighted by atomic mass is 10.2. The highest BCUT2D eigenvalue weighted by atomic mass is 16.3. The number of furan rings is 1. The second-order valence-corrected chi connectivity index (χ2v) is 4.21. The van der Waals surface area contributed by atoms with Crippen LogP contribution in [0.15, 0.2) is 35.0 Å². The van der Waals surface area contributed by atoms with E-state index in [1.165, 1.54) is 6.20 Å². The van der Waals surface area contributed by atoms with Gasteiger partial charge in [-0.2, -0.15) is 0 Å². The number of nitrogens with zero attached hydrogens (tertiary/aromatic N) is 1. The van der Waals surface area contributed by atoms with Crippen molar-refractivity contribution >= 4 is 11.6 Å². The van der Waals surface area contributed by atoms with Crippen LogP contribution in [0, 0.1) is 6.92 Å². The summed E-state index contributed by atoms with van der Waals surface area (Å²) in [6.45, 7) is 3.71. The Kier molecular flexibility index (Phi) is 3.82. The maximum atomic E-state index is 12.1. The van der Waals surface area contributed by atoms with Crippen LogP contribution in [0.5, 0.6) is 0 Å². The minimum Gasteiger partial charge on any atom is -0.464 e. The van der Waals surface area contributed by atoms with Crippen LogP contribution in [0.4, 0.5) is 5.69 Å². The molecule has 0 radical (unpaired) electrons. The van der Waals surface area contributed by atoms with Gasteiger partial charge in [0.15, 0.2) is 0 Å². The van der Waals surface area contributed by atoms with Gasteiger partial charge < -0.3 is 15.2 Å². The molecule has 6 nitrogen and oxygen atoms in total. The largest absolute Gasteiger partial charge is 0.464 e. The van der Waals surface area contributed by atoms with Gasteiger partial charge in [-0.1, -0.05) is 0 Å². The first-order valence-electron chi connectivity index (χ1n) is 5.89. The number of carbonyl (C=O) groups excluding carboxylic acids is 1. The molecule has 0 spiro atoms. The minimum atomic E-state index is -0.261. The van der Waals surface area contributed by atoms with Crippen LogP contribution in [-0.4, -0.2) is 10.9 Å². The molecule has 6 heteroatoms. The van der Waals surface area contributed by atoms with Gasteiger partial charge in [0, 0.05) is 12.4 Å². The van der Waals surface area contributed by atoms with Gasteiger partial charge in [-0.3, -0.25) is 15.6 Å². The standard InChI is InChI=1S/C13H16N4O2/c1-8-3-4-12(19-8)9(2)16-13(18)10-7-15-6-5-11(10)17-14/h3-7,9H,14H2,1-2H3,(H,15,17)(H,16,18). The molecule has 2 aromatic rings. The molecule has 2 aromatic heterocycles. The average molecular weight is 260 g/mol. The van der Waals surface area contributed by atoms with Crippen molar-refractivity contribution in [3.63, 3.8) is 0 Å². The number of aromatic nitrogens is 1. The number of hydrogen-bond donors (Lipinski definition) is 3. The predicted octanol–water partition coefficient (Wildman–Crippen LogP) is 1.76. The van der Waals surface area contributed by atoms with Crippen molar-refractivity contribution in [2.24, 2.45) is 5.84 Å². The van der Waals surface area contributed by atoms with Gasteiger partial charge in [0.25, 0.3) is 5.91 Å². The maximum absolute atomic E-state index is 12.1. The number of nitrogens with one attached hydrogen (secondary N) is 2. The fourth-order valence-corrected chi connectivity index (χ4v) is 1.73. The number of nitrogens with two attached hydrogens (primary N) is 1. The Morgan fingerprint density at radius 2 is 2.21 bits per heavy atom. The van der Waals surface area contributed by atoms with E-state index in [1.54, 1.807) is 12.3 Å². The van der Waals surface area contributed by atoms with Crippen LogP contribution in [0.25, 0.3) is 0 Å². The van der Waals surface area contributed by atoms with Crippen molar-refractivity contribution in [3.8, 4) is 0 Å². The lowest BCUT2D eigenvalue weighted by Crippen LogP contribution is -2.27. The number of nitrogen functional groups attached to an aromatic ring is 1. The van der Waals surface area contributed by atoms with Gasteiger partial charge in [-0.15, -0.1) is 0 Å². The molecule has 1 amide bonds. The second kappa shape index (κ2) is 5.53. The number of rotatable bonds is 4. The summed E-state index contributed by atoms with van der Waals surface area (Å²) in [7, 11) is 0. The van der Waals surface area contributed by atoms with Gasteiger partial charge in [0.05, 0.1) is 17.3 Å². The number of aryl methyl sites for hydroxylation is 1. The minimum absolute atomic E-state index is 0.230. The quantitative estimate of drug-likeness (QED) is 0.575. The monoisotopic (exact) mass is 260 g/mol. The van der Waals surface area contributed by atoms with Crippen molar-refractivity contribution in [1.82, 2.24) is 10.3 Å². The van der Waals surface area contributed by atoms with E-state index in [0.29, 0.717) is 17.0 Å². The van der Waals surface area contributed by atoms with Crippen molar-refractivity contribution in [2.75, 3.05) is 5.43 Å². The average Bonchev–Trinajstić information content (AvgIpc) is 2.85. The summed E-state index contributed by atoms with van der Waals surface area (Å²) in [6.07, 6.45) is 3.02. The first-order chi connectivity index (χ1) is 9.11. The van der Waals surface area contributed by atoms with Crippen molar-refractivity contribution in [1.29, 1.82) is 0 Å². The fraction of sp³-hybridized carbons (Fsp3) is 0.231. The van der Waals surface area contributed by atoms with Gasteiger partial charge in [0.1, 0.15) is 11.5 Å². The Bertz CT molecular complexity index is 580. The molecule has 0 aliphatic heterocycles. The molecule has 0 fully saturated rings. The van der Waals surface area contributed by atoms with Crippen molar-refractivity contribution in [3.05, 3.63) is 47.7 Å². The van der Waals surface area contributed by atoms with E-state index in [1.807, 2.05) is 26.0 Å². The third-order valence-electron chi connectivity index (χ3n) is 2.76. The van der Waals surface area contributed by atoms with E-state index in [9.17, 15) is 4.79 Å². The first-order valence-corrected chi connectivity index (χ1v) is 5.89. The summed E-state index contributed by atoms with van der Waals surface area (Å²) in [5.74, 6) is 6.61. The lowest BCUT2D eigenvalue weighted by Gasteiger charge is -2.13. The van der Waals surface area contributed by atoms with E-state index >= 15 is 0 Å². The van der Waals surface area contributed by atoms with Crippen LogP contribution in [0.3, 0.4) is 0 Å². The van der Waals surface area contributed by atoms with E-state index in [0.717, 1.165) is 5.76 Å². The highest BCUT2D eigenvalue weighted by molar-refractivity contribution is 5.99. The van der Waals surface area contributed by atoms with Gasteiger partial charge in [-0.05, 0) is 32.0 Å². The van der Waals surface area contributed by atoms with Crippen LogP contribution < -0.4 is 16.6 Å². The van der Waals surface area contributed by atoms with E-state index in [4.69, 9.17) is 10.3 Å². The third kappa shape index (κ3) is 2.92. The number of anilines is 1. The number of hydrogen-bond acceptors (Lipinski definition) is 5. The Balaban J connectivity index is 2.12. The molecular weight excluding hydrogens is 244 g/mol. The highest BCUT2D eigenvalue weighted by Crippen LogP contribution is 2.18. The number of carbonyl (C=O) groups is 1. The summed E-state index contributed by atoms with van der Waals surface area (Å²) in [5.41, 5.74) is 3.38. The topological polar surface area (TPSA) is 93.2 Å². The van der Waals surface area contributed by atoms with Crippen LogP contribution in [0.1, 0.15) is 34.8 Å².